The summed E-state index contributed by atoms with van der Waals surface area (Å²) in [7, 11) is -4.02. The summed E-state index contributed by atoms with van der Waals surface area (Å²) in [6, 6.07) is 11.5. The van der Waals surface area contributed by atoms with Crippen molar-refractivity contribution in [3.05, 3.63) is 59.4 Å². The molecule has 1 aliphatic rings. The Bertz CT molecular complexity index is 945. The smallest absolute Gasteiger partial charge is 0.264 e. The van der Waals surface area contributed by atoms with Crippen LogP contribution in [0.25, 0.3) is 0 Å². The van der Waals surface area contributed by atoms with Gasteiger partial charge in [-0.15, -0.1) is 0 Å². The quantitative estimate of drug-likeness (QED) is 0.730. The molecule has 3 rings (SSSR count). The largest absolute Gasteiger partial charge is 0.341 e. The minimum atomic E-state index is -4.02. The average molecular weight is 425 g/mol. The van der Waals surface area contributed by atoms with Crippen molar-refractivity contribution >= 4 is 33.2 Å². The molecule has 0 unspecified atom stereocenters. The highest BCUT2D eigenvalue weighted by Crippen LogP contribution is 2.28. The van der Waals surface area contributed by atoms with Crippen molar-refractivity contribution in [2.24, 2.45) is 5.92 Å². The summed E-state index contributed by atoms with van der Waals surface area (Å²) in [5, 5.41) is -0.204. The van der Waals surface area contributed by atoms with Gasteiger partial charge in [0.1, 0.15) is 12.4 Å². The number of hydrogen-bond acceptors (Lipinski definition) is 3. The molecule has 0 aromatic heterocycles. The Labute approximate surface area is 169 Å². The van der Waals surface area contributed by atoms with Crippen LogP contribution in [-0.2, 0) is 14.8 Å². The second-order valence-electron chi connectivity index (χ2n) is 6.99. The van der Waals surface area contributed by atoms with E-state index in [-0.39, 0.29) is 28.1 Å². The van der Waals surface area contributed by atoms with Gasteiger partial charge >= 0.3 is 0 Å². The summed E-state index contributed by atoms with van der Waals surface area (Å²) < 4.78 is 41.0. The molecule has 0 spiro atoms. The first-order valence-corrected chi connectivity index (χ1v) is 10.9. The molecule has 2 aromatic carbocycles. The fourth-order valence-corrected chi connectivity index (χ4v) is 4.76. The molecule has 28 heavy (non-hydrogen) atoms. The molecule has 1 aliphatic heterocycles. The van der Waals surface area contributed by atoms with E-state index in [9.17, 15) is 17.6 Å². The van der Waals surface area contributed by atoms with E-state index in [0.717, 1.165) is 23.2 Å². The highest BCUT2D eigenvalue weighted by molar-refractivity contribution is 7.92. The average Bonchev–Trinajstić information content (AvgIpc) is 2.69. The summed E-state index contributed by atoms with van der Waals surface area (Å²) in [6.07, 6.45) is 1.78. The van der Waals surface area contributed by atoms with Gasteiger partial charge < -0.3 is 4.90 Å². The van der Waals surface area contributed by atoms with Gasteiger partial charge in [-0.1, -0.05) is 36.7 Å². The van der Waals surface area contributed by atoms with E-state index in [1.807, 2.05) is 0 Å². The number of rotatable bonds is 5. The lowest BCUT2D eigenvalue weighted by Crippen LogP contribution is -2.45. The summed E-state index contributed by atoms with van der Waals surface area (Å²) in [5.41, 5.74) is 0.147. The van der Waals surface area contributed by atoms with Gasteiger partial charge in [0.15, 0.2) is 0 Å². The number of hydrogen-bond donors (Lipinski definition) is 0. The molecular formula is C20H22ClFN2O3S. The lowest BCUT2D eigenvalue weighted by Gasteiger charge is -2.32. The zero-order valence-corrected chi connectivity index (χ0v) is 17.1. The predicted octanol–water partition coefficient (Wildman–Crippen LogP) is 3.93. The third-order valence-electron chi connectivity index (χ3n) is 4.94. The molecule has 8 heteroatoms. The van der Waals surface area contributed by atoms with Crippen molar-refractivity contribution in [3.63, 3.8) is 0 Å². The van der Waals surface area contributed by atoms with Crippen molar-refractivity contribution in [1.82, 2.24) is 4.90 Å². The number of anilines is 1. The number of nitrogens with zero attached hydrogens (tertiary/aromatic N) is 2. The van der Waals surface area contributed by atoms with Crippen LogP contribution in [0.1, 0.15) is 19.8 Å². The first kappa shape index (κ1) is 20.6. The van der Waals surface area contributed by atoms with Gasteiger partial charge in [-0.05, 0) is 49.1 Å². The standard InChI is InChI=1S/C20H22ClFN2O3S/c1-15-9-11-23(12-10-15)20(25)14-24(16-7-8-19(22)18(21)13-16)28(26,27)17-5-3-2-4-6-17/h2-8,13,15H,9-12,14H2,1H3. The van der Waals surface area contributed by atoms with Gasteiger partial charge in [0.2, 0.25) is 5.91 Å². The van der Waals surface area contributed by atoms with Gasteiger partial charge in [-0.3, -0.25) is 9.10 Å². The molecule has 5 nitrogen and oxygen atoms in total. The normalized spacial score (nSPS) is 15.5. The lowest BCUT2D eigenvalue weighted by atomic mass is 9.99. The van der Waals surface area contributed by atoms with E-state index in [1.54, 1.807) is 23.1 Å². The molecule has 1 saturated heterocycles. The molecule has 0 atom stereocenters. The number of sulfonamides is 1. The fraction of sp³-hybridized carbons (Fsp3) is 0.350. The summed E-state index contributed by atoms with van der Waals surface area (Å²) >= 11 is 5.86. The van der Waals surface area contributed by atoms with Crippen molar-refractivity contribution in [2.75, 3.05) is 23.9 Å². The molecular weight excluding hydrogens is 403 g/mol. The van der Waals surface area contributed by atoms with Crippen LogP contribution in [0.15, 0.2) is 53.4 Å². The van der Waals surface area contributed by atoms with Crippen LogP contribution < -0.4 is 4.31 Å². The van der Waals surface area contributed by atoms with E-state index in [1.165, 1.54) is 24.3 Å². The SMILES string of the molecule is CC1CCN(C(=O)CN(c2ccc(F)c(Cl)c2)S(=O)(=O)c2ccccc2)CC1. The van der Waals surface area contributed by atoms with Crippen LogP contribution in [0.2, 0.25) is 5.02 Å². The lowest BCUT2D eigenvalue weighted by molar-refractivity contribution is -0.130. The van der Waals surface area contributed by atoms with E-state index in [2.05, 4.69) is 6.92 Å². The molecule has 0 radical (unpaired) electrons. The van der Waals surface area contributed by atoms with Crippen LogP contribution >= 0.6 is 11.6 Å². The number of carbonyl (C=O) groups is 1. The van der Waals surface area contributed by atoms with Gasteiger partial charge in [0, 0.05) is 13.1 Å². The number of piperidine rings is 1. The zero-order valence-electron chi connectivity index (χ0n) is 15.5. The number of halogens is 2. The molecule has 0 N–H and O–H groups in total. The Morgan fingerprint density at radius 3 is 2.43 bits per heavy atom. The van der Waals surface area contributed by atoms with E-state index < -0.39 is 15.8 Å². The predicted molar refractivity (Wildman–Crippen MR) is 107 cm³/mol. The Morgan fingerprint density at radius 2 is 1.82 bits per heavy atom. The summed E-state index contributed by atoms with van der Waals surface area (Å²) in [4.78, 5) is 14.6. The zero-order chi connectivity index (χ0) is 20.3. The van der Waals surface area contributed by atoms with Crippen LogP contribution in [0.4, 0.5) is 10.1 Å². The second kappa shape index (κ2) is 8.49. The maximum atomic E-state index is 13.6. The van der Waals surface area contributed by atoms with Crippen molar-refractivity contribution < 1.29 is 17.6 Å². The highest BCUT2D eigenvalue weighted by Gasteiger charge is 2.30. The minimum Gasteiger partial charge on any atom is -0.341 e. The third kappa shape index (κ3) is 4.47. The molecule has 1 heterocycles. The second-order valence-corrected chi connectivity index (χ2v) is 9.26. The topological polar surface area (TPSA) is 57.7 Å². The van der Waals surface area contributed by atoms with Crippen molar-refractivity contribution in [3.8, 4) is 0 Å². The Kier molecular flexibility index (Phi) is 6.25. The number of benzene rings is 2. The number of carbonyl (C=O) groups excluding carboxylic acids is 1. The third-order valence-corrected chi connectivity index (χ3v) is 7.02. The molecule has 0 saturated carbocycles. The van der Waals surface area contributed by atoms with Gasteiger partial charge in [0.25, 0.3) is 10.0 Å². The summed E-state index contributed by atoms with van der Waals surface area (Å²) in [5.74, 6) is -0.394. The molecule has 1 amide bonds. The molecule has 0 aliphatic carbocycles. The van der Waals surface area contributed by atoms with Crippen molar-refractivity contribution in [2.45, 2.75) is 24.7 Å². The number of likely N-dealkylation sites (tertiary alicyclic amines) is 1. The Morgan fingerprint density at radius 1 is 1.18 bits per heavy atom. The maximum Gasteiger partial charge on any atom is 0.264 e. The molecule has 2 aromatic rings. The maximum absolute atomic E-state index is 13.6. The molecule has 0 bridgehead atoms. The van der Waals surface area contributed by atoms with E-state index >= 15 is 0 Å². The molecule has 150 valence electrons. The van der Waals surface area contributed by atoms with Gasteiger partial charge in [-0.2, -0.15) is 0 Å². The van der Waals surface area contributed by atoms with Gasteiger partial charge in [0.05, 0.1) is 15.6 Å². The van der Waals surface area contributed by atoms with E-state index in [4.69, 9.17) is 11.6 Å². The van der Waals surface area contributed by atoms with Crippen LogP contribution in [0.3, 0.4) is 0 Å². The fourth-order valence-electron chi connectivity index (χ4n) is 3.16. The Balaban J connectivity index is 1.95. The van der Waals surface area contributed by atoms with Crippen LogP contribution in [0.5, 0.6) is 0 Å². The first-order chi connectivity index (χ1) is 13.3. The van der Waals surface area contributed by atoms with Crippen molar-refractivity contribution in [1.29, 1.82) is 0 Å². The van der Waals surface area contributed by atoms with Gasteiger partial charge in [-0.25, -0.2) is 12.8 Å². The summed E-state index contributed by atoms with van der Waals surface area (Å²) in [6.45, 7) is 2.97. The minimum absolute atomic E-state index is 0.0514. The first-order valence-electron chi connectivity index (χ1n) is 9.09. The molecule has 1 fully saturated rings. The van der Waals surface area contributed by atoms with Crippen LogP contribution in [0, 0.1) is 11.7 Å². The number of amides is 1. The highest BCUT2D eigenvalue weighted by atomic mass is 35.5. The monoisotopic (exact) mass is 424 g/mol. The van der Waals surface area contributed by atoms with E-state index in [0.29, 0.717) is 19.0 Å². The Hall–Kier alpha value is -2.12. The van der Waals surface area contributed by atoms with Crippen LogP contribution in [-0.4, -0.2) is 38.9 Å².